The highest BCUT2D eigenvalue weighted by molar-refractivity contribution is 5.95. The number of rotatable bonds is 4. The van der Waals surface area contributed by atoms with Gasteiger partial charge in [0, 0.05) is 37.5 Å². The summed E-state index contributed by atoms with van der Waals surface area (Å²) in [5.74, 6) is -0.0133. The Morgan fingerprint density at radius 3 is 2.96 bits per heavy atom. The van der Waals surface area contributed by atoms with E-state index in [1.165, 1.54) is 0 Å². The minimum atomic E-state index is -0.0133. The first kappa shape index (κ1) is 15.8. The first-order valence-corrected chi connectivity index (χ1v) is 8.56. The Morgan fingerprint density at radius 1 is 1.20 bits per heavy atom. The van der Waals surface area contributed by atoms with E-state index in [1.807, 2.05) is 47.4 Å². The summed E-state index contributed by atoms with van der Waals surface area (Å²) in [7, 11) is 1.71. The van der Waals surface area contributed by atoms with Gasteiger partial charge in [0.05, 0.1) is 18.1 Å². The van der Waals surface area contributed by atoms with Crippen LogP contribution < -0.4 is 0 Å². The Hall–Kier alpha value is -2.66. The number of hydrogen-bond acceptors (Lipinski definition) is 3. The van der Waals surface area contributed by atoms with Gasteiger partial charge in [0.2, 0.25) is 0 Å². The Bertz CT molecular complexity index is 903. The molecule has 1 aliphatic heterocycles. The molecule has 1 aliphatic rings. The maximum atomic E-state index is 13.0. The van der Waals surface area contributed by atoms with Crippen LogP contribution in [-0.2, 0) is 11.3 Å². The molecular formula is C20H21N3O2. The SMILES string of the molecule is COCCC1CN(C(=O)c2ccc3ccccc3n2)Cc2cccn21. The lowest BCUT2D eigenvalue weighted by Crippen LogP contribution is -2.41. The van der Waals surface area contributed by atoms with Crippen molar-refractivity contribution >= 4 is 16.8 Å². The van der Waals surface area contributed by atoms with Crippen molar-refractivity contribution < 1.29 is 9.53 Å². The minimum absolute atomic E-state index is 0.0133. The molecule has 0 saturated heterocycles. The number of fused-ring (bicyclic) bond motifs is 2. The highest BCUT2D eigenvalue weighted by Gasteiger charge is 2.28. The predicted octanol–water partition coefficient (Wildman–Crippen LogP) is 3.27. The van der Waals surface area contributed by atoms with Crippen LogP contribution >= 0.6 is 0 Å². The number of methoxy groups -OCH3 is 1. The first-order valence-electron chi connectivity index (χ1n) is 8.56. The molecule has 0 spiro atoms. The number of pyridine rings is 1. The second-order valence-corrected chi connectivity index (χ2v) is 6.42. The van der Waals surface area contributed by atoms with Crippen molar-refractivity contribution in [2.24, 2.45) is 0 Å². The molecular weight excluding hydrogens is 314 g/mol. The van der Waals surface area contributed by atoms with E-state index in [0.29, 0.717) is 25.4 Å². The third-order valence-electron chi connectivity index (χ3n) is 4.80. The lowest BCUT2D eigenvalue weighted by atomic mass is 10.1. The molecule has 128 valence electrons. The molecule has 0 saturated carbocycles. The monoisotopic (exact) mass is 335 g/mol. The van der Waals surface area contributed by atoms with Crippen molar-refractivity contribution in [1.82, 2.24) is 14.5 Å². The molecule has 4 rings (SSSR count). The standard InChI is InChI=1S/C20H21N3O2/c1-25-12-10-17-14-22(13-16-6-4-11-23(16)17)20(24)19-9-8-15-5-2-3-7-18(15)21-19/h2-9,11,17H,10,12-14H2,1H3. The lowest BCUT2D eigenvalue weighted by Gasteiger charge is -2.35. The fourth-order valence-electron chi connectivity index (χ4n) is 3.51. The first-order chi connectivity index (χ1) is 12.3. The number of nitrogens with zero attached hydrogens (tertiary/aromatic N) is 3. The third-order valence-corrected chi connectivity index (χ3v) is 4.80. The van der Waals surface area contributed by atoms with Crippen LogP contribution in [0.4, 0.5) is 0 Å². The van der Waals surface area contributed by atoms with Crippen molar-refractivity contribution in [2.45, 2.75) is 19.0 Å². The lowest BCUT2D eigenvalue weighted by molar-refractivity contribution is 0.0648. The summed E-state index contributed by atoms with van der Waals surface area (Å²) in [4.78, 5) is 19.5. The van der Waals surface area contributed by atoms with Gasteiger partial charge >= 0.3 is 0 Å². The van der Waals surface area contributed by atoms with Gasteiger partial charge in [-0.25, -0.2) is 4.98 Å². The molecule has 1 aromatic carbocycles. The van der Waals surface area contributed by atoms with Gasteiger partial charge in [-0.15, -0.1) is 0 Å². The molecule has 1 atom stereocenters. The molecule has 3 heterocycles. The van der Waals surface area contributed by atoms with Gasteiger partial charge < -0.3 is 14.2 Å². The average Bonchev–Trinajstić information content (AvgIpc) is 3.13. The summed E-state index contributed by atoms with van der Waals surface area (Å²) in [5, 5.41) is 1.05. The summed E-state index contributed by atoms with van der Waals surface area (Å²) in [6, 6.07) is 16.0. The van der Waals surface area contributed by atoms with Crippen LogP contribution in [-0.4, -0.2) is 40.6 Å². The van der Waals surface area contributed by atoms with Crippen molar-refractivity contribution in [1.29, 1.82) is 0 Å². The molecule has 0 N–H and O–H groups in total. The van der Waals surface area contributed by atoms with Gasteiger partial charge in [-0.2, -0.15) is 0 Å². The summed E-state index contributed by atoms with van der Waals surface area (Å²) < 4.78 is 7.50. The van der Waals surface area contributed by atoms with Gasteiger partial charge in [0.1, 0.15) is 5.69 Å². The number of ether oxygens (including phenoxy) is 1. The summed E-state index contributed by atoms with van der Waals surface area (Å²) in [5.41, 5.74) is 2.51. The van der Waals surface area contributed by atoms with Crippen LogP contribution in [0.25, 0.3) is 10.9 Å². The van der Waals surface area contributed by atoms with Crippen LogP contribution in [0.2, 0.25) is 0 Å². The summed E-state index contributed by atoms with van der Waals surface area (Å²) >= 11 is 0. The number of benzene rings is 1. The van der Waals surface area contributed by atoms with Crippen LogP contribution in [0.3, 0.4) is 0 Å². The minimum Gasteiger partial charge on any atom is -0.385 e. The van der Waals surface area contributed by atoms with Crippen LogP contribution in [0.15, 0.2) is 54.7 Å². The zero-order valence-electron chi connectivity index (χ0n) is 14.3. The van der Waals surface area contributed by atoms with E-state index >= 15 is 0 Å². The van der Waals surface area contributed by atoms with Crippen LogP contribution in [0.1, 0.15) is 28.6 Å². The topological polar surface area (TPSA) is 47.4 Å². The second kappa shape index (κ2) is 6.69. The molecule has 0 bridgehead atoms. The van der Waals surface area contributed by atoms with Gasteiger partial charge in [-0.05, 0) is 30.7 Å². The summed E-state index contributed by atoms with van der Waals surface area (Å²) in [6.07, 6.45) is 2.97. The Labute approximate surface area is 146 Å². The Kier molecular flexibility index (Phi) is 4.24. The molecule has 0 aliphatic carbocycles. The molecule has 0 radical (unpaired) electrons. The average molecular weight is 335 g/mol. The Morgan fingerprint density at radius 2 is 2.08 bits per heavy atom. The number of hydrogen-bond donors (Lipinski definition) is 0. The maximum absolute atomic E-state index is 13.0. The smallest absolute Gasteiger partial charge is 0.272 e. The van der Waals surface area contributed by atoms with Gasteiger partial charge in [0.15, 0.2) is 0 Å². The molecule has 1 amide bonds. The van der Waals surface area contributed by atoms with E-state index in [9.17, 15) is 4.79 Å². The van der Waals surface area contributed by atoms with Crippen LogP contribution in [0.5, 0.6) is 0 Å². The van der Waals surface area contributed by atoms with Gasteiger partial charge in [-0.3, -0.25) is 4.79 Å². The predicted molar refractivity (Wildman–Crippen MR) is 96.4 cm³/mol. The van der Waals surface area contributed by atoms with Crippen LogP contribution in [0, 0.1) is 0 Å². The highest BCUT2D eigenvalue weighted by Crippen LogP contribution is 2.26. The highest BCUT2D eigenvalue weighted by atomic mass is 16.5. The number of carbonyl (C=O) groups is 1. The molecule has 2 aromatic heterocycles. The Balaban J connectivity index is 1.61. The number of para-hydroxylation sites is 1. The second-order valence-electron chi connectivity index (χ2n) is 6.42. The number of carbonyl (C=O) groups excluding carboxylic acids is 1. The van der Waals surface area contributed by atoms with E-state index in [-0.39, 0.29) is 11.9 Å². The molecule has 3 aromatic rings. The summed E-state index contributed by atoms with van der Waals surface area (Å²) in [6.45, 7) is 1.97. The van der Waals surface area contributed by atoms with Gasteiger partial charge in [-0.1, -0.05) is 24.3 Å². The molecule has 25 heavy (non-hydrogen) atoms. The van der Waals surface area contributed by atoms with E-state index in [0.717, 1.165) is 23.0 Å². The largest absolute Gasteiger partial charge is 0.385 e. The van der Waals surface area contributed by atoms with Gasteiger partial charge in [0.25, 0.3) is 5.91 Å². The fourth-order valence-corrected chi connectivity index (χ4v) is 3.51. The number of amides is 1. The van der Waals surface area contributed by atoms with Crippen molar-refractivity contribution in [3.8, 4) is 0 Å². The normalized spacial score (nSPS) is 16.8. The maximum Gasteiger partial charge on any atom is 0.272 e. The third kappa shape index (κ3) is 3.03. The molecule has 5 heteroatoms. The number of aromatic nitrogens is 2. The van der Waals surface area contributed by atoms with E-state index < -0.39 is 0 Å². The molecule has 0 fully saturated rings. The zero-order chi connectivity index (χ0) is 17.2. The van der Waals surface area contributed by atoms with Crippen molar-refractivity contribution in [3.63, 3.8) is 0 Å². The molecule has 1 unspecified atom stereocenters. The van der Waals surface area contributed by atoms with E-state index in [4.69, 9.17) is 4.74 Å². The van der Waals surface area contributed by atoms with E-state index in [2.05, 4.69) is 21.8 Å². The fraction of sp³-hybridized carbons (Fsp3) is 0.300. The van der Waals surface area contributed by atoms with E-state index in [1.54, 1.807) is 7.11 Å². The quantitative estimate of drug-likeness (QED) is 0.735. The van der Waals surface area contributed by atoms with Crippen molar-refractivity contribution in [2.75, 3.05) is 20.3 Å². The van der Waals surface area contributed by atoms with Crippen molar-refractivity contribution in [3.05, 3.63) is 66.1 Å². The molecule has 5 nitrogen and oxygen atoms in total. The zero-order valence-corrected chi connectivity index (χ0v) is 14.3.